The minimum Gasteiger partial charge on any atom is -0.497 e. The molecule has 1 atom stereocenters. The van der Waals surface area contributed by atoms with E-state index in [0.717, 1.165) is 44.2 Å². The Labute approximate surface area is 120 Å². The Balaban J connectivity index is 0.00000180. The highest BCUT2D eigenvalue weighted by molar-refractivity contribution is 5.85. The average Bonchev–Trinajstić information content (AvgIpc) is 2.40. The maximum atomic E-state index is 10.1. The number of hydrogen-bond donors (Lipinski definition) is 1. The van der Waals surface area contributed by atoms with Gasteiger partial charge in [-0.1, -0.05) is 12.1 Å². The quantitative estimate of drug-likeness (QED) is 0.888. The van der Waals surface area contributed by atoms with Gasteiger partial charge in [0.1, 0.15) is 5.75 Å². The van der Waals surface area contributed by atoms with Crippen LogP contribution in [0.4, 0.5) is 0 Å². The van der Waals surface area contributed by atoms with Crippen molar-refractivity contribution in [2.45, 2.75) is 12.5 Å². The van der Waals surface area contributed by atoms with Gasteiger partial charge >= 0.3 is 0 Å². The van der Waals surface area contributed by atoms with Gasteiger partial charge in [0.25, 0.3) is 0 Å². The molecule has 1 N–H and O–H groups in total. The van der Waals surface area contributed by atoms with Gasteiger partial charge in [-0.3, -0.25) is 4.90 Å². The summed E-state index contributed by atoms with van der Waals surface area (Å²) in [4.78, 5) is 2.25. The minimum atomic E-state index is -0.323. The van der Waals surface area contributed by atoms with E-state index in [2.05, 4.69) is 4.90 Å². The molecule has 0 aromatic heterocycles. The summed E-state index contributed by atoms with van der Waals surface area (Å²) in [7, 11) is 1.66. The van der Waals surface area contributed by atoms with Gasteiger partial charge in [-0.05, 0) is 24.1 Å². The third-order valence-corrected chi connectivity index (χ3v) is 3.20. The fourth-order valence-corrected chi connectivity index (χ4v) is 2.18. The highest BCUT2D eigenvalue weighted by Gasteiger charge is 2.15. The second-order valence-corrected chi connectivity index (χ2v) is 4.62. The summed E-state index contributed by atoms with van der Waals surface area (Å²) in [5.41, 5.74) is 1.14. The van der Waals surface area contributed by atoms with E-state index in [1.165, 1.54) is 0 Å². The van der Waals surface area contributed by atoms with Crippen LogP contribution in [0.25, 0.3) is 0 Å². The van der Waals surface area contributed by atoms with E-state index in [9.17, 15) is 5.11 Å². The monoisotopic (exact) mass is 287 g/mol. The summed E-state index contributed by atoms with van der Waals surface area (Å²) in [6, 6.07) is 7.86. The number of rotatable bonds is 5. The summed E-state index contributed by atoms with van der Waals surface area (Å²) in [5, 5.41) is 10.1. The number of morpholine rings is 1. The largest absolute Gasteiger partial charge is 0.497 e. The van der Waals surface area contributed by atoms with Crippen molar-refractivity contribution in [3.8, 4) is 5.75 Å². The Kier molecular flexibility index (Phi) is 7.16. The molecule has 0 spiro atoms. The highest BCUT2D eigenvalue weighted by atomic mass is 35.5. The van der Waals surface area contributed by atoms with E-state index in [1.807, 2.05) is 24.3 Å². The second kappa shape index (κ2) is 8.38. The smallest absolute Gasteiger partial charge is 0.118 e. The van der Waals surface area contributed by atoms with Crippen molar-refractivity contribution < 1.29 is 14.6 Å². The van der Waals surface area contributed by atoms with Crippen LogP contribution in [-0.4, -0.2) is 56.1 Å². The van der Waals surface area contributed by atoms with Gasteiger partial charge in [-0.25, -0.2) is 0 Å². The lowest BCUT2D eigenvalue weighted by Gasteiger charge is -2.28. The molecule has 1 aliphatic heterocycles. The van der Waals surface area contributed by atoms with E-state index in [1.54, 1.807) is 7.11 Å². The highest BCUT2D eigenvalue weighted by Crippen LogP contribution is 2.13. The molecule has 0 saturated carbocycles. The molecule has 1 unspecified atom stereocenters. The first-order valence-corrected chi connectivity index (χ1v) is 6.39. The van der Waals surface area contributed by atoms with Crippen LogP contribution in [0.1, 0.15) is 5.56 Å². The average molecular weight is 288 g/mol. The molecule has 4 nitrogen and oxygen atoms in total. The molecular formula is C14H22ClNO3. The third kappa shape index (κ3) is 5.37. The second-order valence-electron chi connectivity index (χ2n) is 4.62. The maximum absolute atomic E-state index is 10.1. The topological polar surface area (TPSA) is 41.9 Å². The number of hydrogen-bond acceptors (Lipinski definition) is 4. The molecule has 0 aliphatic carbocycles. The van der Waals surface area contributed by atoms with E-state index >= 15 is 0 Å². The lowest BCUT2D eigenvalue weighted by molar-refractivity contribution is 0.0149. The molecule has 19 heavy (non-hydrogen) atoms. The van der Waals surface area contributed by atoms with Crippen molar-refractivity contribution >= 4 is 12.4 Å². The lowest BCUT2D eigenvalue weighted by Crippen LogP contribution is -2.41. The predicted octanol–water partition coefficient (Wildman–Crippen LogP) is 1.35. The molecule has 108 valence electrons. The van der Waals surface area contributed by atoms with E-state index in [4.69, 9.17) is 9.47 Å². The number of aliphatic hydroxyl groups is 1. The number of ether oxygens (including phenoxy) is 2. The number of benzene rings is 1. The Hall–Kier alpha value is -0.810. The van der Waals surface area contributed by atoms with Gasteiger partial charge in [0.15, 0.2) is 0 Å². The lowest BCUT2D eigenvalue weighted by atomic mass is 10.1. The molecule has 0 bridgehead atoms. The van der Waals surface area contributed by atoms with Crippen molar-refractivity contribution in [1.82, 2.24) is 4.90 Å². The van der Waals surface area contributed by atoms with Crippen LogP contribution in [0, 0.1) is 0 Å². The molecular weight excluding hydrogens is 266 g/mol. The number of methoxy groups -OCH3 is 1. The van der Waals surface area contributed by atoms with Crippen molar-refractivity contribution in [3.05, 3.63) is 29.8 Å². The van der Waals surface area contributed by atoms with E-state index in [0.29, 0.717) is 6.42 Å². The fourth-order valence-electron chi connectivity index (χ4n) is 2.18. The first-order chi connectivity index (χ1) is 8.78. The van der Waals surface area contributed by atoms with E-state index < -0.39 is 0 Å². The number of aliphatic hydroxyl groups excluding tert-OH is 1. The first-order valence-electron chi connectivity index (χ1n) is 6.39. The van der Waals surface area contributed by atoms with Crippen molar-refractivity contribution in [2.75, 3.05) is 40.0 Å². The number of nitrogens with zero attached hydrogens (tertiary/aromatic N) is 1. The molecule has 1 aliphatic rings. The van der Waals surface area contributed by atoms with Crippen molar-refractivity contribution in [1.29, 1.82) is 0 Å². The molecule has 1 saturated heterocycles. The summed E-state index contributed by atoms with van der Waals surface area (Å²) in [5.74, 6) is 0.849. The van der Waals surface area contributed by atoms with Gasteiger partial charge in [0.2, 0.25) is 0 Å². The third-order valence-electron chi connectivity index (χ3n) is 3.20. The van der Waals surface area contributed by atoms with Crippen molar-refractivity contribution in [3.63, 3.8) is 0 Å². The number of halogens is 1. The molecule has 1 aromatic rings. The van der Waals surface area contributed by atoms with Crippen LogP contribution in [0.3, 0.4) is 0 Å². The Morgan fingerprint density at radius 2 is 1.89 bits per heavy atom. The molecule has 0 radical (unpaired) electrons. The molecule has 5 heteroatoms. The molecule has 1 heterocycles. The minimum absolute atomic E-state index is 0. The molecule has 1 fully saturated rings. The Morgan fingerprint density at radius 3 is 2.47 bits per heavy atom. The van der Waals surface area contributed by atoms with Gasteiger partial charge < -0.3 is 14.6 Å². The molecule has 2 rings (SSSR count). The summed E-state index contributed by atoms with van der Waals surface area (Å²) in [6.45, 7) is 4.10. The van der Waals surface area contributed by atoms with Crippen LogP contribution in [0.15, 0.2) is 24.3 Å². The predicted molar refractivity (Wildman–Crippen MR) is 77.2 cm³/mol. The Morgan fingerprint density at radius 1 is 1.26 bits per heavy atom. The zero-order valence-electron chi connectivity index (χ0n) is 11.2. The number of β-amino-alcohol motifs (C(OH)–C–C–N with tert-alkyl or cyclic N) is 1. The van der Waals surface area contributed by atoms with Crippen LogP contribution < -0.4 is 4.74 Å². The van der Waals surface area contributed by atoms with Crippen LogP contribution >= 0.6 is 12.4 Å². The van der Waals surface area contributed by atoms with Crippen LogP contribution in [-0.2, 0) is 11.2 Å². The van der Waals surface area contributed by atoms with Gasteiger partial charge in [-0.2, -0.15) is 0 Å². The zero-order chi connectivity index (χ0) is 12.8. The summed E-state index contributed by atoms with van der Waals surface area (Å²) < 4.78 is 10.4. The van der Waals surface area contributed by atoms with Gasteiger partial charge in [0, 0.05) is 19.6 Å². The molecule has 0 amide bonds. The normalized spacial score (nSPS) is 17.6. The van der Waals surface area contributed by atoms with Crippen LogP contribution in [0.2, 0.25) is 0 Å². The van der Waals surface area contributed by atoms with Crippen LogP contribution in [0.5, 0.6) is 5.75 Å². The summed E-state index contributed by atoms with van der Waals surface area (Å²) in [6.07, 6.45) is 0.359. The first kappa shape index (κ1) is 16.2. The zero-order valence-corrected chi connectivity index (χ0v) is 12.1. The van der Waals surface area contributed by atoms with Gasteiger partial charge in [0.05, 0.1) is 26.4 Å². The van der Waals surface area contributed by atoms with Crippen molar-refractivity contribution in [2.24, 2.45) is 0 Å². The fraction of sp³-hybridized carbons (Fsp3) is 0.571. The Bertz CT molecular complexity index is 352. The maximum Gasteiger partial charge on any atom is 0.118 e. The molecule has 1 aromatic carbocycles. The summed E-state index contributed by atoms with van der Waals surface area (Å²) >= 11 is 0. The standard InChI is InChI=1S/C14H21NO3.ClH/c1-17-14-4-2-12(3-5-14)10-13(16)11-15-6-8-18-9-7-15;/h2-5,13,16H,6-11H2,1H3;1H. The van der Waals surface area contributed by atoms with Gasteiger partial charge in [-0.15, -0.1) is 12.4 Å². The SMILES string of the molecule is COc1ccc(CC(O)CN2CCOCC2)cc1.Cl. The van der Waals surface area contributed by atoms with E-state index in [-0.39, 0.29) is 18.5 Å².